The monoisotopic (exact) mass is 296 g/mol. The highest BCUT2D eigenvalue weighted by Crippen LogP contribution is 2.31. The first-order valence-corrected chi connectivity index (χ1v) is 7.06. The summed E-state index contributed by atoms with van der Waals surface area (Å²) in [6.45, 7) is 1.43. The van der Waals surface area contributed by atoms with Gasteiger partial charge in [-0.15, -0.1) is 0 Å². The third-order valence-electron chi connectivity index (χ3n) is 3.78. The summed E-state index contributed by atoms with van der Waals surface area (Å²) >= 11 is 0. The SMILES string of the molecule is Fc1ccc(-c2onc3c2CN(c2ncccn2)CC3)cc1. The van der Waals surface area contributed by atoms with Gasteiger partial charge in [0.05, 0.1) is 12.2 Å². The molecule has 0 unspecified atom stereocenters. The summed E-state index contributed by atoms with van der Waals surface area (Å²) in [6, 6.07) is 8.04. The van der Waals surface area contributed by atoms with Crippen molar-refractivity contribution in [2.24, 2.45) is 0 Å². The minimum Gasteiger partial charge on any atom is -0.356 e. The predicted molar refractivity (Wildman–Crippen MR) is 78.7 cm³/mol. The Hall–Kier alpha value is -2.76. The minimum atomic E-state index is -0.267. The molecule has 0 fully saturated rings. The fraction of sp³-hybridized carbons (Fsp3) is 0.188. The van der Waals surface area contributed by atoms with Crippen LogP contribution in [0.4, 0.5) is 10.3 Å². The number of hydrogen-bond acceptors (Lipinski definition) is 5. The molecular weight excluding hydrogens is 283 g/mol. The van der Waals surface area contributed by atoms with Crippen molar-refractivity contribution in [1.82, 2.24) is 15.1 Å². The molecule has 3 aromatic rings. The van der Waals surface area contributed by atoms with Crippen molar-refractivity contribution in [3.63, 3.8) is 0 Å². The van der Waals surface area contributed by atoms with E-state index in [4.69, 9.17) is 4.52 Å². The van der Waals surface area contributed by atoms with Crippen LogP contribution in [0.5, 0.6) is 0 Å². The Morgan fingerprint density at radius 1 is 1.09 bits per heavy atom. The van der Waals surface area contributed by atoms with E-state index in [2.05, 4.69) is 20.0 Å². The van der Waals surface area contributed by atoms with Crippen LogP contribution in [-0.2, 0) is 13.0 Å². The van der Waals surface area contributed by atoms with Gasteiger partial charge in [0.1, 0.15) is 5.82 Å². The van der Waals surface area contributed by atoms with E-state index in [0.29, 0.717) is 18.3 Å². The topological polar surface area (TPSA) is 55.1 Å². The van der Waals surface area contributed by atoms with Crippen LogP contribution in [0.15, 0.2) is 47.2 Å². The molecule has 0 saturated heterocycles. The van der Waals surface area contributed by atoms with E-state index in [-0.39, 0.29) is 5.82 Å². The number of aromatic nitrogens is 3. The maximum absolute atomic E-state index is 13.1. The molecule has 0 amide bonds. The molecule has 3 heterocycles. The van der Waals surface area contributed by atoms with Crippen molar-refractivity contribution in [3.8, 4) is 11.3 Å². The lowest BCUT2D eigenvalue weighted by atomic mass is 10.0. The number of hydrogen-bond donors (Lipinski definition) is 0. The average Bonchev–Trinajstić information content (AvgIpc) is 2.99. The largest absolute Gasteiger partial charge is 0.356 e. The van der Waals surface area contributed by atoms with Crippen molar-refractivity contribution in [1.29, 1.82) is 0 Å². The molecule has 2 aromatic heterocycles. The third-order valence-corrected chi connectivity index (χ3v) is 3.78. The first-order valence-electron chi connectivity index (χ1n) is 7.06. The zero-order valence-electron chi connectivity index (χ0n) is 11.7. The fourth-order valence-corrected chi connectivity index (χ4v) is 2.67. The maximum Gasteiger partial charge on any atom is 0.225 e. The summed E-state index contributed by atoms with van der Waals surface area (Å²) < 4.78 is 18.6. The zero-order valence-corrected chi connectivity index (χ0v) is 11.7. The molecule has 0 atom stereocenters. The van der Waals surface area contributed by atoms with E-state index >= 15 is 0 Å². The quantitative estimate of drug-likeness (QED) is 0.728. The molecule has 6 heteroatoms. The molecule has 4 rings (SSSR count). The second kappa shape index (κ2) is 5.22. The second-order valence-corrected chi connectivity index (χ2v) is 5.16. The van der Waals surface area contributed by atoms with Gasteiger partial charge in [0.15, 0.2) is 5.76 Å². The number of nitrogens with zero attached hydrogens (tertiary/aromatic N) is 4. The standard InChI is InChI=1S/C16H13FN4O/c17-12-4-2-11(3-5-12)15-13-10-21(9-6-14(13)20-22-15)16-18-7-1-8-19-16/h1-5,7-8H,6,9-10H2. The van der Waals surface area contributed by atoms with Gasteiger partial charge in [-0.3, -0.25) is 0 Å². The summed E-state index contributed by atoms with van der Waals surface area (Å²) in [5.41, 5.74) is 2.79. The Morgan fingerprint density at radius 2 is 1.86 bits per heavy atom. The van der Waals surface area contributed by atoms with Crippen molar-refractivity contribution in [2.75, 3.05) is 11.4 Å². The highest BCUT2D eigenvalue weighted by atomic mass is 19.1. The highest BCUT2D eigenvalue weighted by molar-refractivity contribution is 5.63. The van der Waals surface area contributed by atoms with Crippen LogP contribution in [0, 0.1) is 5.82 Å². The third kappa shape index (κ3) is 2.22. The fourth-order valence-electron chi connectivity index (χ4n) is 2.67. The lowest BCUT2D eigenvalue weighted by Crippen LogP contribution is -2.31. The van der Waals surface area contributed by atoms with Gasteiger partial charge >= 0.3 is 0 Å². The van der Waals surface area contributed by atoms with E-state index in [9.17, 15) is 4.39 Å². The lowest BCUT2D eigenvalue weighted by Gasteiger charge is -2.26. The van der Waals surface area contributed by atoms with E-state index in [0.717, 1.165) is 29.8 Å². The molecule has 0 N–H and O–H groups in total. The Balaban J connectivity index is 1.69. The van der Waals surface area contributed by atoms with Gasteiger partial charge in [0, 0.05) is 36.5 Å². The van der Waals surface area contributed by atoms with Crippen molar-refractivity contribution >= 4 is 5.95 Å². The molecule has 1 aliphatic heterocycles. The van der Waals surface area contributed by atoms with Gasteiger partial charge < -0.3 is 9.42 Å². The van der Waals surface area contributed by atoms with E-state index in [1.165, 1.54) is 12.1 Å². The molecule has 5 nitrogen and oxygen atoms in total. The first kappa shape index (κ1) is 12.9. The zero-order chi connectivity index (χ0) is 14.9. The summed E-state index contributed by atoms with van der Waals surface area (Å²) in [5.74, 6) is 1.12. The van der Waals surface area contributed by atoms with Crippen LogP contribution in [0.1, 0.15) is 11.3 Å². The molecule has 22 heavy (non-hydrogen) atoms. The summed E-state index contributed by atoms with van der Waals surface area (Å²) in [7, 11) is 0. The average molecular weight is 296 g/mol. The van der Waals surface area contributed by atoms with Crippen LogP contribution in [0.25, 0.3) is 11.3 Å². The van der Waals surface area contributed by atoms with E-state index < -0.39 is 0 Å². The van der Waals surface area contributed by atoms with Crippen molar-refractivity contribution in [3.05, 3.63) is 59.8 Å². The Labute approximate surface area is 126 Å². The van der Waals surface area contributed by atoms with Gasteiger partial charge in [-0.05, 0) is 30.3 Å². The van der Waals surface area contributed by atoms with Crippen molar-refractivity contribution < 1.29 is 8.91 Å². The van der Waals surface area contributed by atoms with E-state index in [1.807, 2.05) is 0 Å². The van der Waals surface area contributed by atoms with Crippen molar-refractivity contribution in [2.45, 2.75) is 13.0 Å². The molecule has 0 aliphatic carbocycles. The minimum absolute atomic E-state index is 0.267. The van der Waals surface area contributed by atoms with Gasteiger partial charge in [0.25, 0.3) is 0 Å². The molecular formula is C16H13FN4O. The molecule has 0 saturated carbocycles. The Kier molecular flexibility index (Phi) is 3.07. The predicted octanol–water partition coefficient (Wildman–Crippen LogP) is 2.83. The normalized spacial score (nSPS) is 14.0. The first-order chi connectivity index (χ1) is 10.8. The van der Waals surface area contributed by atoms with E-state index in [1.54, 1.807) is 30.6 Å². The van der Waals surface area contributed by atoms with Crippen LogP contribution >= 0.6 is 0 Å². The molecule has 1 aliphatic rings. The van der Waals surface area contributed by atoms with Crippen LogP contribution in [-0.4, -0.2) is 21.7 Å². The van der Waals surface area contributed by atoms with Gasteiger partial charge in [-0.25, -0.2) is 14.4 Å². The molecule has 0 radical (unpaired) electrons. The number of halogens is 1. The van der Waals surface area contributed by atoms with Gasteiger partial charge in [0.2, 0.25) is 5.95 Å². The second-order valence-electron chi connectivity index (χ2n) is 5.16. The molecule has 1 aromatic carbocycles. The number of benzene rings is 1. The van der Waals surface area contributed by atoms with Gasteiger partial charge in [-0.2, -0.15) is 0 Å². The van der Waals surface area contributed by atoms with Crippen LogP contribution in [0.3, 0.4) is 0 Å². The summed E-state index contributed by atoms with van der Waals surface area (Å²) in [4.78, 5) is 10.7. The number of rotatable bonds is 2. The Morgan fingerprint density at radius 3 is 2.64 bits per heavy atom. The summed E-state index contributed by atoms with van der Waals surface area (Å²) in [5, 5.41) is 4.15. The van der Waals surface area contributed by atoms with Crippen LogP contribution in [0.2, 0.25) is 0 Å². The highest BCUT2D eigenvalue weighted by Gasteiger charge is 2.25. The number of fused-ring (bicyclic) bond motifs is 1. The molecule has 0 spiro atoms. The summed E-state index contributed by atoms with van der Waals surface area (Å²) in [6.07, 6.45) is 4.23. The molecule has 0 bridgehead atoms. The number of anilines is 1. The van der Waals surface area contributed by atoms with Gasteiger partial charge in [-0.1, -0.05) is 5.16 Å². The molecule has 110 valence electrons. The smallest absolute Gasteiger partial charge is 0.225 e. The Bertz CT molecular complexity index is 786. The van der Waals surface area contributed by atoms with Crippen LogP contribution < -0.4 is 4.90 Å². The maximum atomic E-state index is 13.1. The lowest BCUT2D eigenvalue weighted by molar-refractivity contribution is 0.424.